The average molecular weight is 382 g/mol. The molecule has 0 saturated heterocycles. The molecule has 0 radical (unpaired) electrons. The van der Waals surface area contributed by atoms with Gasteiger partial charge in [0.05, 0.1) is 12.6 Å². The molecule has 28 heavy (non-hydrogen) atoms. The molecule has 0 aromatic heterocycles. The largest absolute Gasteiger partial charge is 0.494 e. The van der Waals surface area contributed by atoms with E-state index in [1.165, 1.54) is 12.1 Å². The molecule has 0 aliphatic rings. The van der Waals surface area contributed by atoms with Crippen molar-refractivity contribution < 1.29 is 13.5 Å². The smallest absolute Gasteiger partial charge is 0.126 e. The highest BCUT2D eigenvalue weighted by Gasteiger charge is 2.19. The number of benzene rings is 3. The number of nitrogens with two attached hydrogens (primary N) is 1. The molecule has 2 atom stereocenters. The first-order valence-corrected chi connectivity index (χ1v) is 9.26. The van der Waals surface area contributed by atoms with Gasteiger partial charge in [-0.15, -0.1) is 0 Å². The highest BCUT2D eigenvalue weighted by molar-refractivity contribution is 5.45. The van der Waals surface area contributed by atoms with Crippen LogP contribution in [0.15, 0.2) is 66.7 Å². The summed E-state index contributed by atoms with van der Waals surface area (Å²) in [6.07, 6.45) is 0. The lowest BCUT2D eigenvalue weighted by Crippen LogP contribution is -2.26. The normalized spacial score (nSPS) is 13.1. The van der Waals surface area contributed by atoms with E-state index in [2.05, 4.69) is 5.32 Å². The van der Waals surface area contributed by atoms with Gasteiger partial charge in [-0.25, -0.2) is 8.78 Å². The number of nitrogen functional groups attached to an aromatic ring is 1. The van der Waals surface area contributed by atoms with Crippen molar-refractivity contribution in [3.63, 3.8) is 0 Å². The first-order valence-electron chi connectivity index (χ1n) is 9.26. The summed E-state index contributed by atoms with van der Waals surface area (Å²) < 4.78 is 32.8. The van der Waals surface area contributed by atoms with E-state index in [0.717, 1.165) is 22.9 Å². The maximum absolute atomic E-state index is 13.6. The molecule has 3 N–H and O–H groups in total. The first-order chi connectivity index (χ1) is 13.5. The zero-order valence-corrected chi connectivity index (χ0v) is 16.0. The standard InChI is InChI=1S/C23H24F2N2O/c1-3-28-22-9-7-16(8-10-22)23(17-5-4-6-21(26)13-17)27-15(2)18-11-19(24)14-20(25)12-18/h4-15,23,27H,3,26H2,1-2H3. The molecule has 3 aromatic carbocycles. The second kappa shape index (κ2) is 8.85. The summed E-state index contributed by atoms with van der Waals surface area (Å²) in [4.78, 5) is 0. The molecule has 0 spiro atoms. The average Bonchev–Trinajstić information content (AvgIpc) is 2.66. The van der Waals surface area contributed by atoms with Crippen LogP contribution >= 0.6 is 0 Å². The van der Waals surface area contributed by atoms with E-state index >= 15 is 0 Å². The SMILES string of the molecule is CCOc1ccc(C(NC(C)c2cc(F)cc(F)c2)c2cccc(N)c2)cc1. The second-order valence-electron chi connectivity index (χ2n) is 6.70. The van der Waals surface area contributed by atoms with E-state index in [4.69, 9.17) is 10.5 Å². The van der Waals surface area contributed by atoms with Gasteiger partial charge in [0.15, 0.2) is 0 Å². The van der Waals surface area contributed by atoms with Crippen LogP contribution in [0.4, 0.5) is 14.5 Å². The Hall–Kier alpha value is -2.92. The van der Waals surface area contributed by atoms with Crippen LogP contribution < -0.4 is 15.8 Å². The van der Waals surface area contributed by atoms with Crippen molar-refractivity contribution >= 4 is 5.69 Å². The lowest BCUT2D eigenvalue weighted by atomic mass is 9.96. The van der Waals surface area contributed by atoms with Gasteiger partial charge in [0.25, 0.3) is 0 Å². The zero-order chi connectivity index (χ0) is 20.1. The van der Waals surface area contributed by atoms with E-state index in [0.29, 0.717) is 17.9 Å². The Bertz CT molecular complexity index is 908. The van der Waals surface area contributed by atoms with Crippen molar-refractivity contribution in [1.29, 1.82) is 0 Å². The maximum atomic E-state index is 13.6. The third-order valence-corrected chi connectivity index (χ3v) is 4.57. The van der Waals surface area contributed by atoms with Crippen LogP contribution in [0, 0.1) is 11.6 Å². The lowest BCUT2D eigenvalue weighted by Gasteiger charge is -2.25. The Balaban J connectivity index is 1.94. The van der Waals surface area contributed by atoms with Gasteiger partial charge in [-0.05, 0) is 66.9 Å². The van der Waals surface area contributed by atoms with Gasteiger partial charge in [-0.2, -0.15) is 0 Å². The summed E-state index contributed by atoms with van der Waals surface area (Å²) in [5, 5.41) is 3.47. The van der Waals surface area contributed by atoms with Crippen LogP contribution in [-0.4, -0.2) is 6.61 Å². The molecule has 3 aromatic rings. The summed E-state index contributed by atoms with van der Waals surface area (Å²) >= 11 is 0. The van der Waals surface area contributed by atoms with Crippen molar-refractivity contribution in [3.8, 4) is 5.75 Å². The van der Waals surface area contributed by atoms with Crippen LogP contribution in [0.5, 0.6) is 5.75 Å². The minimum absolute atomic E-state index is 0.208. The van der Waals surface area contributed by atoms with Crippen LogP contribution in [0.1, 0.15) is 42.6 Å². The van der Waals surface area contributed by atoms with Gasteiger partial charge < -0.3 is 10.5 Å². The van der Waals surface area contributed by atoms with E-state index in [1.807, 2.05) is 62.4 Å². The van der Waals surface area contributed by atoms with Gasteiger partial charge in [-0.1, -0.05) is 24.3 Å². The summed E-state index contributed by atoms with van der Waals surface area (Å²) in [5.74, 6) is -0.395. The van der Waals surface area contributed by atoms with Crippen LogP contribution in [-0.2, 0) is 0 Å². The second-order valence-corrected chi connectivity index (χ2v) is 6.70. The monoisotopic (exact) mass is 382 g/mol. The molecule has 0 heterocycles. The molecule has 0 aliphatic carbocycles. The molecule has 146 valence electrons. The Morgan fingerprint density at radius 1 is 0.893 bits per heavy atom. The summed E-state index contributed by atoms with van der Waals surface area (Å²) in [5.41, 5.74) is 9.13. The van der Waals surface area contributed by atoms with Gasteiger partial charge in [0.1, 0.15) is 17.4 Å². The van der Waals surface area contributed by atoms with Crippen molar-refractivity contribution in [2.24, 2.45) is 0 Å². The summed E-state index contributed by atoms with van der Waals surface area (Å²) in [7, 11) is 0. The quantitative estimate of drug-likeness (QED) is 0.539. The van der Waals surface area contributed by atoms with Gasteiger partial charge in [-0.3, -0.25) is 5.32 Å². The molecule has 5 heteroatoms. The molecular formula is C23H24F2N2O. The molecule has 0 fully saturated rings. The Morgan fingerprint density at radius 2 is 1.57 bits per heavy atom. The van der Waals surface area contributed by atoms with E-state index in [9.17, 15) is 8.78 Å². The molecular weight excluding hydrogens is 358 g/mol. The number of hydrogen-bond donors (Lipinski definition) is 2. The Kier molecular flexibility index (Phi) is 6.26. The summed E-state index contributed by atoms with van der Waals surface area (Å²) in [6, 6.07) is 18.4. The van der Waals surface area contributed by atoms with Crippen LogP contribution in [0.25, 0.3) is 0 Å². The number of ether oxygens (including phenoxy) is 1. The number of hydrogen-bond acceptors (Lipinski definition) is 3. The molecule has 0 bridgehead atoms. The maximum Gasteiger partial charge on any atom is 0.126 e. The van der Waals surface area contributed by atoms with Crippen molar-refractivity contribution in [1.82, 2.24) is 5.32 Å². The molecule has 3 rings (SSSR count). The van der Waals surface area contributed by atoms with E-state index in [1.54, 1.807) is 0 Å². The zero-order valence-electron chi connectivity index (χ0n) is 16.0. The van der Waals surface area contributed by atoms with Gasteiger partial charge in [0.2, 0.25) is 0 Å². The Morgan fingerprint density at radius 3 is 2.18 bits per heavy atom. The fraction of sp³-hybridized carbons (Fsp3) is 0.217. The minimum Gasteiger partial charge on any atom is -0.494 e. The topological polar surface area (TPSA) is 47.3 Å². The number of rotatable bonds is 7. The molecule has 3 nitrogen and oxygen atoms in total. The molecule has 0 aliphatic heterocycles. The van der Waals surface area contributed by atoms with Crippen molar-refractivity contribution in [2.45, 2.75) is 25.9 Å². The number of halogens is 2. The van der Waals surface area contributed by atoms with Crippen molar-refractivity contribution in [2.75, 3.05) is 12.3 Å². The van der Waals surface area contributed by atoms with Gasteiger partial charge >= 0.3 is 0 Å². The third kappa shape index (κ3) is 4.87. The Labute approximate surface area is 164 Å². The molecule has 2 unspecified atom stereocenters. The van der Waals surface area contributed by atoms with E-state index < -0.39 is 11.6 Å². The highest BCUT2D eigenvalue weighted by atomic mass is 19.1. The fourth-order valence-electron chi connectivity index (χ4n) is 3.22. The predicted octanol–water partition coefficient (Wildman–Crippen LogP) is 5.39. The third-order valence-electron chi connectivity index (χ3n) is 4.57. The van der Waals surface area contributed by atoms with E-state index in [-0.39, 0.29) is 12.1 Å². The molecule has 0 amide bonds. The minimum atomic E-state index is -0.592. The first kappa shape index (κ1) is 19.8. The summed E-state index contributed by atoms with van der Waals surface area (Å²) in [6.45, 7) is 4.41. The fourth-order valence-corrected chi connectivity index (χ4v) is 3.22. The number of nitrogens with one attached hydrogen (secondary N) is 1. The predicted molar refractivity (Wildman–Crippen MR) is 108 cm³/mol. The van der Waals surface area contributed by atoms with Gasteiger partial charge in [0, 0.05) is 17.8 Å². The highest BCUT2D eigenvalue weighted by Crippen LogP contribution is 2.29. The lowest BCUT2D eigenvalue weighted by molar-refractivity contribution is 0.340. The van der Waals surface area contributed by atoms with Crippen molar-refractivity contribution in [3.05, 3.63) is 95.1 Å². The van der Waals surface area contributed by atoms with Crippen LogP contribution in [0.3, 0.4) is 0 Å². The molecule has 0 saturated carbocycles. The van der Waals surface area contributed by atoms with Crippen LogP contribution in [0.2, 0.25) is 0 Å². The number of anilines is 1.